The van der Waals surface area contributed by atoms with Crippen LogP contribution in [0.25, 0.3) is 0 Å². The zero-order valence-electron chi connectivity index (χ0n) is 10.8. The van der Waals surface area contributed by atoms with E-state index in [0.29, 0.717) is 25.3 Å². The fourth-order valence-corrected chi connectivity index (χ4v) is 2.09. The van der Waals surface area contributed by atoms with E-state index in [1.807, 2.05) is 24.8 Å². The normalized spacial score (nSPS) is 24.1. The van der Waals surface area contributed by atoms with E-state index in [1.165, 1.54) is 0 Å². The van der Waals surface area contributed by atoms with Gasteiger partial charge in [0.15, 0.2) is 0 Å². The van der Waals surface area contributed by atoms with E-state index in [2.05, 4.69) is 4.98 Å². The fourth-order valence-electron chi connectivity index (χ4n) is 2.09. The minimum atomic E-state index is -0.0620. The predicted molar refractivity (Wildman–Crippen MR) is 68.3 cm³/mol. The summed E-state index contributed by atoms with van der Waals surface area (Å²) in [5.74, 6) is 0.0229. The van der Waals surface area contributed by atoms with E-state index in [9.17, 15) is 4.79 Å². The lowest BCUT2D eigenvalue weighted by Gasteiger charge is -2.37. The van der Waals surface area contributed by atoms with Gasteiger partial charge in [-0.05, 0) is 26.0 Å². The summed E-state index contributed by atoms with van der Waals surface area (Å²) in [6.45, 7) is 5.39. The molecule has 1 aromatic heterocycles. The van der Waals surface area contributed by atoms with Crippen LogP contribution in [0.1, 0.15) is 23.0 Å². The zero-order valence-corrected chi connectivity index (χ0v) is 10.8. The molecule has 1 saturated heterocycles. The van der Waals surface area contributed by atoms with Crippen LogP contribution in [-0.4, -0.2) is 47.6 Å². The Labute approximate surface area is 107 Å². The molecule has 1 aromatic rings. The van der Waals surface area contributed by atoms with Crippen LogP contribution in [-0.2, 0) is 4.74 Å². The third-order valence-corrected chi connectivity index (χ3v) is 3.17. The molecule has 1 aliphatic heterocycles. The number of morpholine rings is 1. The first-order valence-corrected chi connectivity index (χ1v) is 6.17. The van der Waals surface area contributed by atoms with Crippen molar-refractivity contribution in [2.45, 2.75) is 26.0 Å². The lowest BCUT2D eigenvalue weighted by Crippen LogP contribution is -2.52. The van der Waals surface area contributed by atoms with Crippen LogP contribution in [0.2, 0.25) is 0 Å². The van der Waals surface area contributed by atoms with Crippen LogP contribution in [0.15, 0.2) is 18.3 Å². The Morgan fingerprint density at radius 2 is 2.44 bits per heavy atom. The molecule has 0 radical (unpaired) electrons. The summed E-state index contributed by atoms with van der Waals surface area (Å²) in [6, 6.07) is 3.63. The molecule has 5 heteroatoms. The molecule has 1 aliphatic rings. The molecule has 2 N–H and O–H groups in total. The summed E-state index contributed by atoms with van der Waals surface area (Å²) in [5, 5.41) is 0. The van der Waals surface area contributed by atoms with E-state index in [-0.39, 0.29) is 18.1 Å². The number of carbonyl (C=O) groups is 1. The van der Waals surface area contributed by atoms with Gasteiger partial charge in [-0.15, -0.1) is 0 Å². The largest absolute Gasteiger partial charge is 0.373 e. The predicted octanol–water partition coefficient (Wildman–Crippen LogP) is 0.578. The second-order valence-electron chi connectivity index (χ2n) is 4.68. The Morgan fingerprint density at radius 3 is 3.11 bits per heavy atom. The number of ether oxygens (including phenoxy) is 1. The molecule has 2 heterocycles. The minimum Gasteiger partial charge on any atom is -0.373 e. The average molecular weight is 249 g/mol. The quantitative estimate of drug-likeness (QED) is 0.832. The number of aryl methyl sites for hydroxylation is 1. The molecular weight excluding hydrogens is 230 g/mol. The lowest BCUT2D eigenvalue weighted by molar-refractivity contribution is -0.0426. The maximum Gasteiger partial charge on any atom is 0.254 e. The molecule has 1 fully saturated rings. The van der Waals surface area contributed by atoms with E-state index < -0.39 is 0 Å². The Hall–Kier alpha value is -1.46. The Morgan fingerprint density at radius 1 is 1.67 bits per heavy atom. The second-order valence-corrected chi connectivity index (χ2v) is 4.68. The van der Waals surface area contributed by atoms with Crippen LogP contribution in [0, 0.1) is 6.92 Å². The van der Waals surface area contributed by atoms with Crippen LogP contribution in [0.3, 0.4) is 0 Å². The van der Waals surface area contributed by atoms with E-state index in [4.69, 9.17) is 10.5 Å². The summed E-state index contributed by atoms with van der Waals surface area (Å²) in [6.07, 6.45) is 1.60. The first kappa shape index (κ1) is 13.0. The third-order valence-electron chi connectivity index (χ3n) is 3.17. The van der Waals surface area contributed by atoms with Crippen molar-refractivity contribution < 1.29 is 9.53 Å². The number of hydrogen-bond acceptors (Lipinski definition) is 4. The summed E-state index contributed by atoms with van der Waals surface area (Å²) in [5.41, 5.74) is 7.12. The molecule has 1 amide bonds. The SMILES string of the molecule is Cc1cc(C(=O)N2CC(CN)OCC2C)ccn1. The molecule has 2 unspecified atom stereocenters. The highest BCUT2D eigenvalue weighted by molar-refractivity contribution is 5.94. The summed E-state index contributed by atoms with van der Waals surface area (Å²) >= 11 is 0. The minimum absolute atomic E-state index is 0.0229. The number of amides is 1. The molecule has 18 heavy (non-hydrogen) atoms. The second kappa shape index (κ2) is 5.46. The topological polar surface area (TPSA) is 68.5 Å². The maximum atomic E-state index is 12.4. The molecule has 0 saturated carbocycles. The monoisotopic (exact) mass is 249 g/mol. The lowest BCUT2D eigenvalue weighted by atomic mass is 10.1. The maximum absolute atomic E-state index is 12.4. The first-order chi connectivity index (χ1) is 8.61. The standard InChI is InChI=1S/C13H19N3O2/c1-9-5-11(3-4-15-9)13(17)16-7-12(6-14)18-8-10(16)2/h3-5,10,12H,6-8,14H2,1-2H3. The highest BCUT2D eigenvalue weighted by Crippen LogP contribution is 2.15. The van der Waals surface area contributed by atoms with Gasteiger partial charge < -0.3 is 15.4 Å². The average Bonchev–Trinajstić information content (AvgIpc) is 2.38. The van der Waals surface area contributed by atoms with Gasteiger partial charge in [-0.2, -0.15) is 0 Å². The molecule has 2 atom stereocenters. The highest BCUT2D eigenvalue weighted by atomic mass is 16.5. The van der Waals surface area contributed by atoms with Gasteiger partial charge in [0.2, 0.25) is 0 Å². The van der Waals surface area contributed by atoms with Gasteiger partial charge in [0.25, 0.3) is 5.91 Å². The number of aromatic nitrogens is 1. The molecule has 2 rings (SSSR count). The number of nitrogens with two attached hydrogens (primary N) is 1. The van der Waals surface area contributed by atoms with Crippen molar-refractivity contribution in [3.05, 3.63) is 29.6 Å². The summed E-state index contributed by atoms with van der Waals surface area (Å²) < 4.78 is 5.55. The number of hydrogen-bond donors (Lipinski definition) is 1. The van der Waals surface area contributed by atoms with Crippen molar-refractivity contribution in [3.8, 4) is 0 Å². The van der Waals surface area contributed by atoms with Gasteiger partial charge in [0, 0.05) is 30.5 Å². The Balaban J connectivity index is 2.16. The van der Waals surface area contributed by atoms with Crippen LogP contribution < -0.4 is 5.73 Å². The van der Waals surface area contributed by atoms with Crippen molar-refractivity contribution in [2.24, 2.45) is 5.73 Å². The number of carbonyl (C=O) groups excluding carboxylic acids is 1. The molecule has 5 nitrogen and oxygen atoms in total. The van der Waals surface area contributed by atoms with Crippen LogP contribution in [0.5, 0.6) is 0 Å². The smallest absolute Gasteiger partial charge is 0.254 e. The molecular formula is C13H19N3O2. The number of pyridine rings is 1. The van der Waals surface area contributed by atoms with Gasteiger partial charge in [-0.25, -0.2) is 0 Å². The van der Waals surface area contributed by atoms with Gasteiger partial charge >= 0.3 is 0 Å². The van der Waals surface area contributed by atoms with Gasteiger partial charge in [0.1, 0.15) is 0 Å². The molecule has 0 bridgehead atoms. The third kappa shape index (κ3) is 2.68. The molecule has 98 valence electrons. The van der Waals surface area contributed by atoms with E-state index >= 15 is 0 Å². The van der Waals surface area contributed by atoms with Crippen molar-refractivity contribution in [1.29, 1.82) is 0 Å². The Bertz CT molecular complexity index is 436. The van der Waals surface area contributed by atoms with Crippen molar-refractivity contribution in [3.63, 3.8) is 0 Å². The van der Waals surface area contributed by atoms with Crippen LogP contribution in [0.4, 0.5) is 0 Å². The number of rotatable bonds is 2. The molecule has 0 aliphatic carbocycles. The summed E-state index contributed by atoms with van der Waals surface area (Å²) in [4.78, 5) is 18.4. The van der Waals surface area contributed by atoms with Gasteiger partial charge in [-0.3, -0.25) is 9.78 Å². The Kier molecular flexibility index (Phi) is 3.93. The van der Waals surface area contributed by atoms with Crippen LogP contribution >= 0.6 is 0 Å². The van der Waals surface area contributed by atoms with Crippen molar-refractivity contribution >= 4 is 5.91 Å². The zero-order chi connectivity index (χ0) is 13.1. The highest BCUT2D eigenvalue weighted by Gasteiger charge is 2.29. The van der Waals surface area contributed by atoms with E-state index in [0.717, 1.165) is 5.69 Å². The van der Waals surface area contributed by atoms with E-state index in [1.54, 1.807) is 12.3 Å². The molecule has 0 spiro atoms. The molecule has 0 aromatic carbocycles. The fraction of sp³-hybridized carbons (Fsp3) is 0.538. The first-order valence-electron chi connectivity index (χ1n) is 6.17. The van der Waals surface area contributed by atoms with Gasteiger partial charge in [0.05, 0.1) is 18.8 Å². The van der Waals surface area contributed by atoms with Gasteiger partial charge in [-0.1, -0.05) is 0 Å². The number of nitrogens with zero attached hydrogens (tertiary/aromatic N) is 2. The van der Waals surface area contributed by atoms with Crippen molar-refractivity contribution in [2.75, 3.05) is 19.7 Å². The van der Waals surface area contributed by atoms with Crippen molar-refractivity contribution in [1.82, 2.24) is 9.88 Å². The summed E-state index contributed by atoms with van der Waals surface area (Å²) in [7, 11) is 0.